The third-order valence-electron chi connectivity index (χ3n) is 5.27. The van der Waals surface area contributed by atoms with E-state index in [1.165, 1.54) is 4.31 Å². The van der Waals surface area contributed by atoms with E-state index in [1.54, 1.807) is 48.5 Å². The molecule has 0 radical (unpaired) electrons. The maximum absolute atomic E-state index is 13.4. The summed E-state index contributed by atoms with van der Waals surface area (Å²) >= 11 is 22.0. The predicted octanol–water partition coefficient (Wildman–Crippen LogP) is 6.66. The molecular formula is C22H18BrCl3N2O2S. The van der Waals surface area contributed by atoms with E-state index < -0.39 is 10.0 Å². The zero-order chi connectivity index (χ0) is 22.2. The van der Waals surface area contributed by atoms with E-state index in [2.05, 4.69) is 20.8 Å². The molecule has 3 aromatic rings. The number of hydrogen-bond donors (Lipinski definition) is 0. The highest BCUT2D eigenvalue weighted by Crippen LogP contribution is 2.38. The highest BCUT2D eigenvalue weighted by atomic mass is 79.9. The van der Waals surface area contributed by atoms with Crippen LogP contribution in [0.25, 0.3) is 0 Å². The number of piperazine rings is 1. The summed E-state index contributed by atoms with van der Waals surface area (Å²) in [5.41, 5.74) is 1.76. The Hall–Kier alpha value is -1.28. The zero-order valence-electron chi connectivity index (χ0n) is 16.2. The lowest BCUT2D eigenvalue weighted by molar-refractivity contribution is 0.335. The van der Waals surface area contributed by atoms with Gasteiger partial charge in [-0.1, -0.05) is 59.1 Å². The first-order valence-corrected chi connectivity index (χ1v) is 12.9. The minimum Gasteiger partial charge on any atom is -0.361 e. The van der Waals surface area contributed by atoms with Crippen LogP contribution >= 0.6 is 50.7 Å². The van der Waals surface area contributed by atoms with Crippen LogP contribution in [-0.4, -0.2) is 32.4 Å². The van der Waals surface area contributed by atoms with E-state index in [9.17, 15) is 8.42 Å². The summed E-state index contributed by atoms with van der Waals surface area (Å²) < 4.78 is 28.9. The van der Waals surface area contributed by atoms with Crippen molar-refractivity contribution in [1.29, 1.82) is 0 Å². The Bertz CT molecular complexity index is 1210. The first-order valence-electron chi connectivity index (χ1n) is 9.49. The molecule has 4 nitrogen and oxygen atoms in total. The van der Waals surface area contributed by atoms with E-state index in [0.29, 0.717) is 32.6 Å². The molecule has 9 heteroatoms. The zero-order valence-corrected chi connectivity index (χ0v) is 20.9. The normalized spacial score (nSPS) is 17.7. The Balaban J connectivity index is 1.74. The molecule has 0 aromatic heterocycles. The van der Waals surface area contributed by atoms with Crippen LogP contribution in [-0.2, 0) is 10.0 Å². The first-order chi connectivity index (χ1) is 14.8. The molecule has 0 N–H and O–H groups in total. The molecule has 1 aliphatic rings. The van der Waals surface area contributed by atoms with Crippen LogP contribution in [0.3, 0.4) is 0 Å². The van der Waals surface area contributed by atoms with Crippen LogP contribution < -0.4 is 4.90 Å². The van der Waals surface area contributed by atoms with E-state index >= 15 is 0 Å². The van der Waals surface area contributed by atoms with Crippen LogP contribution in [0.2, 0.25) is 15.1 Å². The van der Waals surface area contributed by atoms with Gasteiger partial charge in [0.25, 0.3) is 0 Å². The third kappa shape index (κ3) is 4.75. The molecule has 1 fully saturated rings. The lowest BCUT2D eigenvalue weighted by atomic mass is 10.0. The molecule has 1 saturated heterocycles. The fraction of sp³-hybridized carbons (Fsp3) is 0.182. The van der Waals surface area contributed by atoms with Gasteiger partial charge >= 0.3 is 0 Å². The van der Waals surface area contributed by atoms with Gasteiger partial charge in [-0.25, -0.2) is 8.42 Å². The molecule has 1 heterocycles. The SMILES string of the molecule is O=S(=O)(c1ccccc1Br)N1CCN(c2ccc(Cl)cc2Cl)C(c2ccc(Cl)cc2)C1. The van der Waals surface area contributed by atoms with E-state index in [1.807, 2.05) is 18.2 Å². The van der Waals surface area contributed by atoms with Crippen LogP contribution in [0.1, 0.15) is 11.6 Å². The van der Waals surface area contributed by atoms with E-state index in [0.717, 1.165) is 11.3 Å². The first kappa shape index (κ1) is 22.9. The van der Waals surface area contributed by atoms with E-state index in [-0.39, 0.29) is 17.5 Å². The molecule has 0 bridgehead atoms. The molecule has 0 aliphatic carbocycles. The maximum atomic E-state index is 13.4. The number of sulfonamides is 1. The Morgan fingerprint density at radius 2 is 1.55 bits per heavy atom. The van der Waals surface area contributed by atoms with Crippen molar-refractivity contribution in [1.82, 2.24) is 4.31 Å². The Morgan fingerprint density at radius 1 is 0.871 bits per heavy atom. The summed E-state index contributed by atoms with van der Waals surface area (Å²) in [5, 5.41) is 1.69. The molecular weight excluding hydrogens is 543 g/mol. The number of rotatable bonds is 4. The van der Waals surface area contributed by atoms with Gasteiger partial charge in [0.05, 0.1) is 21.6 Å². The predicted molar refractivity (Wildman–Crippen MR) is 131 cm³/mol. The van der Waals surface area contributed by atoms with Gasteiger partial charge in [0, 0.05) is 34.2 Å². The highest BCUT2D eigenvalue weighted by Gasteiger charge is 2.36. The molecule has 0 saturated carbocycles. The van der Waals surface area contributed by atoms with Gasteiger partial charge in [0.15, 0.2) is 0 Å². The average molecular weight is 561 g/mol. The summed E-state index contributed by atoms with van der Waals surface area (Å²) in [6.45, 7) is 1.06. The van der Waals surface area contributed by atoms with Crippen molar-refractivity contribution < 1.29 is 8.42 Å². The van der Waals surface area contributed by atoms with Gasteiger partial charge in [0.1, 0.15) is 0 Å². The molecule has 1 unspecified atom stereocenters. The van der Waals surface area contributed by atoms with Crippen LogP contribution in [0.5, 0.6) is 0 Å². The lowest BCUT2D eigenvalue weighted by Crippen LogP contribution is -2.50. The number of anilines is 1. The van der Waals surface area contributed by atoms with Crippen molar-refractivity contribution in [2.75, 3.05) is 24.5 Å². The summed E-state index contributed by atoms with van der Waals surface area (Å²) in [4.78, 5) is 2.37. The second-order valence-corrected chi connectivity index (χ2v) is 11.2. The quantitative estimate of drug-likeness (QED) is 0.358. The Labute approximate surface area is 205 Å². The number of benzene rings is 3. The van der Waals surface area contributed by atoms with Gasteiger partial charge in [0.2, 0.25) is 10.0 Å². The lowest BCUT2D eigenvalue weighted by Gasteiger charge is -2.42. The topological polar surface area (TPSA) is 40.6 Å². The van der Waals surface area contributed by atoms with Crippen molar-refractivity contribution in [2.24, 2.45) is 0 Å². The second kappa shape index (κ2) is 9.30. The van der Waals surface area contributed by atoms with Crippen molar-refractivity contribution in [3.63, 3.8) is 0 Å². The van der Waals surface area contributed by atoms with Crippen molar-refractivity contribution >= 4 is 66.4 Å². The minimum atomic E-state index is -3.68. The average Bonchev–Trinajstić information content (AvgIpc) is 2.74. The highest BCUT2D eigenvalue weighted by molar-refractivity contribution is 9.10. The van der Waals surface area contributed by atoms with Crippen LogP contribution in [0.15, 0.2) is 76.1 Å². The molecule has 1 atom stereocenters. The van der Waals surface area contributed by atoms with Gasteiger partial charge in [-0.05, 0) is 64.0 Å². The Kier molecular flexibility index (Phi) is 6.87. The van der Waals surface area contributed by atoms with Crippen molar-refractivity contribution in [3.8, 4) is 0 Å². The maximum Gasteiger partial charge on any atom is 0.244 e. The number of halogens is 4. The molecule has 4 rings (SSSR count). The number of hydrogen-bond acceptors (Lipinski definition) is 3. The van der Waals surface area contributed by atoms with Crippen molar-refractivity contribution in [2.45, 2.75) is 10.9 Å². The molecule has 162 valence electrons. The van der Waals surface area contributed by atoms with Crippen LogP contribution in [0.4, 0.5) is 5.69 Å². The molecule has 0 amide bonds. The van der Waals surface area contributed by atoms with Crippen molar-refractivity contribution in [3.05, 3.63) is 91.8 Å². The smallest absolute Gasteiger partial charge is 0.244 e. The largest absolute Gasteiger partial charge is 0.361 e. The Morgan fingerprint density at radius 3 is 2.23 bits per heavy atom. The monoisotopic (exact) mass is 558 g/mol. The molecule has 31 heavy (non-hydrogen) atoms. The standard InChI is InChI=1S/C22H18BrCl3N2O2S/c23-18-3-1-2-4-22(18)31(29,30)27-11-12-28(20-10-9-17(25)13-19(20)26)21(14-27)15-5-7-16(24)8-6-15/h1-10,13,21H,11-12,14H2. The van der Waals surface area contributed by atoms with E-state index in [4.69, 9.17) is 34.8 Å². The third-order valence-corrected chi connectivity index (χ3v) is 8.94. The summed E-state index contributed by atoms with van der Waals surface area (Å²) in [6.07, 6.45) is 0. The minimum absolute atomic E-state index is 0.248. The summed E-state index contributed by atoms with van der Waals surface area (Å²) in [5.74, 6) is 0. The summed E-state index contributed by atoms with van der Waals surface area (Å²) in [7, 11) is -3.68. The molecule has 1 aliphatic heterocycles. The van der Waals surface area contributed by atoms with Gasteiger partial charge < -0.3 is 4.90 Å². The molecule has 3 aromatic carbocycles. The fourth-order valence-corrected chi connectivity index (χ4v) is 6.79. The van der Waals surface area contributed by atoms with Gasteiger partial charge in [-0.3, -0.25) is 0 Å². The number of nitrogens with zero attached hydrogens (tertiary/aromatic N) is 2. The second-order valence-electron chi connectivity index (χ2n) is 7.15. The molecule has 0 spiro atoms. The van der Waals surface area contributed by atoms with Crippen LogP contribution in [0, 0.1) is 0 Å². The summed E-state index contributed by atoms with van der Waals surface area (Å²) in [6, 6.07) is 19.4. The fourth-order valence-electron chi connectivity index (χ4n) is 3.74. The van der Waals surface area contributed by atoms with Gasteiger partial charge in [-0.2, -0.15) is 4.31 Å². The van der Waals surface area contributed by atoms with Gasteiger partial charge in [-0.15, -0.1) is 0 Å².